The topological polar surface area (TPSA) is 65.6 Å². The zero-order chi connectivity index (χ0) is 18.4. The van der Waals surface area contributed by atoms with Crippen LogP contribution in [0.1, 0.15) is 25.8 Å². The van der Waals surface area contributed by atoms with Crippen molar-refractivity contribution in [3.05, 3.63) is 28.8 Å². The van der Waals surface area contributed by atoms with Gasteiger partial charge in [0.2, 0.25) is 5.91 Å². The molecule has 0 bridgehead atoms. The van der Waals surface area contributed by atoms with E-state index in [1.165, 1.54) is 0 Å². The number of aryl methyl sites for hydroxylation is 1. The Morgan fingerprint density at radius 3 is 2.64 bits per heavy atom. The molecule has 0 radical (unpaired) electrons. The molecule has 3 N–H and O–H groups in total. The molecule has 1 aromatic rings. The van der Waals surface area contributed by atoms with Crippen molar-refractivity contribution in [3.8, 4) is 0 Å². The van der Waals surface area contributed by atoms with Crippen LogP contribution in [0.5, 0.6) is 0 Å². The molecule has 8 heteroatoms. The Balaban J connectivity index is 1.68. The molecule has 1 amide bonds. The highest BCUT2D eigenvalue weighted by molar-refractivity contribution is 7.80. The van der Waals surface area contributed by atoms with Crippen LogP contribution in [0, 0.1) is 6.92 Å². The van der Waals surface area contributed by atoms with Crippen molar-refractivity contribution >= 4 is 40.5 Å². The number of carbonyl (C=O) groups excluding carboxylic acids is 1. The van der Waals surface area contributed by atoms with Gasteiger partial charge in [0.15, 0.2) is 5.11 Å². The lowest BCUT2D eigenvalue weighted by Crippen LogP contribution is -2.48. The fraction of sp³-hybridized carbons (Fsp3) is 0.529. The second kappa shape index (κ2) is 9.33. The van der Waals surface area contributed by atoms with Gasteiger partial charge in [-0.25, -0.2) is 0 Å². The van der Waals surface area contributed by atoms with E-state index in [4.69, 9.17) is 28.6 Å². The number of rotatable bonds is 4. The van der Waals surface area contributed by atoms with Gasteiger partial charge >= 0.3 is 0 Å². The maximum atomic E-state index is 12.0. The van der Waals surface area contributed by atoms with Crippen LogP contribution in [0.2, 0.25) is 5.02 Å². The number of hydrazine groups is 1. The van der Waals surface area contributed by atoms with Gasteiger partial charge in [0.25, 0.3) is 0 Å². The Kier molecular flexibility index (Phi) is 7.43. The summed E-state index contributed by atoms with van der Waals surface area (Å²) in [5.41, 5.74) is 7.07. The van der Waals surface area contributed by atoms with Crippen LogP contribution in [-0.2, 0) is 9.53 Å². The van der Waals surface area contributed by atoms with Gasteiger partial charge in [0, 0.05) is 36.8 Å². The smallest absolute Gasteiger partial charge is 0.239 e. The van der Waals surface area contributed by atoms with Crippen LogP contribution in [0.4, 0.5) is 5.69 Å². The van der Waals surface area contributed by atoms with Gasteiger partial charge < -0.3 is 10.1 Å². The lowest BCUT2D eigenvalue weighted by Gasteiger charge is -2.35. The third-order valence-electron chi connectivity index (χ3n) is 3.90. The number of nitrogens with zero attached hydrogens (tertiary/aromatic N) is 1. The number of carbonyl (C=O) groups is 1. The highest BCUT2D eigenvalue weighted by atomic mass is 35.5. The molecule has 6 nitrogen and oxygen atoms in total. The predicted octanol–water partition coefficient (Wildman–Crippen LogP) is 2.47. The molecule has 1 aromatic carbocycles. The van der Waals surface area contributed by atoms with Gasteiger partial charge in [-0.3, -0.25) is 20.5 Å². The van der Waals surface area contributed by atoms with Crippen molar-refractivity contribution in [2.75, 3.05) is 25.0 Å². The highest BCUT2D eigenvalue weighted by Crippen LogP contribution is 2.19. The van der Waals surface area contributed by atoms with Crippen molar-refractivity contribution in [1.82, 2.24) is 15.8 Å². The summed E-state index contributed by atoms with van der Waals surface area (Å²) < 4.78 is 5.69. The average molecular weight is 385 g/mol. The van der Waals surface area contributed by atoms with E-state index in [2.05, 4.69) is 21.1 Å². The predicted molar refractivity (Wildman–Crippen MR) is 105 cm³/mol. The molecule has 1 heterocycles. The van der Waals surface area contributed by atoms with Crippen LogP contribution in [-0.4, -0.2) is 47.8 Å². The minimum atomic E-state index is -0.113. The van der Waals surface area contributed by atoms with E-state index in [9.17, 15) is 4.79 Å². The summed E-state index contributed by atoms with van der Waals surface area (Å²) in [5.74, 6) is -0.113. The molecule has 0 aliphatic carbocycles. The largest absolute Gasteiger partial charge is 0.373 e. The molecule has 0 saturated carbocycles. The number of hydrogen-bond acceptors (Lipinski definition) is 4. The average Bonchev–Trinajstić information content (AvgIpc) is 2.53. The van der Waals surface area contributed by atoms with Crippen molar-refractivity contribution in [2.24, 2.45) is 0 Å². The molecule has 1 saturated heterocycles. The molecular formula is C17H25ClN4O2S. The number of nitrogens with one attached hydrogen (secondary N) is 3. The second-order valence-corrected chi connectivity index (χ2v) is 7.17. The van der Waals surface area contributed by atoms with E-state index in [0.717, 1.165) is 24.3 Å². The van der Waals surface area contributed by atoms with Crippen LogP contribution < -0.4 is 16.2 Å². The van der Waals surface area contributed by atoms with Crippen LogP contribution >= 0.6 is 23.8 Å². The van der Waals surface area contributed by atoms with Crippen molar-refractivity contribution < 1.29 is 9.53 Å². The minimum absolute atomic E-state index is 0.113. The van der Waals surface area contributed by atoms with Crippen LogP contribution in [0.3, 0.4) is 0 Å². The number of anilines is 1. The normalized spacial score (nSPS) is 20.8. The molecule has 2 rings (SSSR count). The standard InChI is InChI=1S/C17H25ClN4O2S/c1-11-4-5-14(8-15(11)18)19-17(25)21-20-16(23)6-7-22-9-12(2)24-13(3)10-22/h4-5,8,12-13H,6-7,9-10H2,1-3H3,(H,20,23)(H2,19,21,25)/t12-,13-/m1/s1. The Hall–Kier alpha value is -1.41. The fourth-order valence-corrected chi connectivity index (χ4v) is 3.10. The zero-order valence-electron chi connectivity index (χ0n) is 14.8. The molecular weight excluding hydrogens is 360 g/mol. The number of amides is 1. The van der Waals surface area contributed by atoms with Gasteiger partial charge in [0.1, 0.15) is 0 Å². The SMILES string of the molecule is Cc1ccc(NC(=S)NNC(=O)CCN2C[C@@H](C)O[C@H](C)C2)cc1Cl. The fourth-order valence-electron chi connectivity index (χ4n) is 2.75. The first kappa shape index (κ1) is 19.9. The van der Waals surface area contributed by atoms with Gasteiger partial charge in [-0.15, -0.1) is 0 Å². The summed E-state index contributed by atoms with van der Waals surface area (Å²) in [6.07, 6.45) is 0.789. The van der Waals surface area contributed by atoms with Gasteiger partial charge in [-0.2, -0.15) is 0 Å². The lowest BCUT2D eigenvalue weighted by molar-refractivity contribution is -0.123. The van der Waals surface area contributed by atoms with Gasteiger partial charge in [-0.05, 0) is 50.7 Å². The van der Waals surface area contributed by atoms with E-state index in [1.54, 1.807) is 6.07 Å². The van der Waals surface area contributed by atoms with Gasteiger partial charge in [-0.1, -0.05) is 17.7 Å². The molecule has 1 fully saturated rings. The molecule has 2 atom stereocenters. The van der Waals surface area contributed by atoms with Crippen molar-refractivity contribution in [1.29, 1.82) is 0 Å². The summed E-state index contributed by atoms with van der Waals surface area (Å²) in [6.45, 7) is 8.41. The highest BCUT2D eigenvalue weighted by Gasteiger charge is 2.22. The summed E-state index contributed by atoms with van der Waals surface area (Å²) in [7, 11) is 0. The summed E-state index contributed by atoms with van der Waals surface area (Å²) in [6, 6.07) is 5.56. The molecule has 25 heavy (non-hydrogen) atoms. The van der Waals surface area contributed by atoms with Gasteiger partial charge in [0.05, 0.1) is 12.2 Å². The first-order valence-electron chi connectivity index (χ1n) is 8.33. The van der Waals surface area contributed by atoms with Crippen LogP contribution in [0.15, 0.2) is 18.2 Å². The number of halogens is 1. The lowest BCUT2D eigenvalue weighted by atomic mass is 10.2. The molecule has 0 spiro atoms. The third kappa shape index (κ3) is 6.78. The second-order valence-electron chi connectivity index (χ2n) is 6.36. The Labute approximate surface area is 159 Å². The van der Waals surface area contributed by atoms with E-state index >= 15 is 0 Å². The van der Waals surface area contributed by atoms with E-state index in [-0.39, 0.29) is 18.1 Å². The van der Waals surface area contributed by atoms with Crippen molar-refractivity contribution in [3.63, 3.8) is 0 Å². The van der Waals surface area contributed by atoms with Crippen LogP contribution in [0.25, 0.3) is 0 Å². The maximum Gasteiger partial charge on any atom is 0.239 e. The number of morpholine rings is 1. The van der Waals surface area contributed by atoms with Crippen molar-refractivity contribution in [2.45, 2.75) is 39.4 Å². The number of hydrogen-bond donors (Lipinski definition) is 3. The number of thiocarbonyl (C=S) groups is 1. The molecule has 1 aliphatic heterocycles. The summed E-state index contributed by atoms with van der Waals surface area (Å²) in [5, 5.41) is 3.94. The summed E-state index contributed by atoms with van der Waals surface area (Å²) in [4.78, 5) is 14.2. The minimum Gasteiger partial charge on any atom is -0.373 e. The summed E-state index contributed by atoms with van der Waals surface area (Å²) >= 11 is 11.2. The first-order chi connectivity index (χ1) is 11.8. The molecule has 138 valence electrons. The van der Waals surface area contributed by atoms with E-state index in [0.29, 0.717) is 23.1 Å². The molecule has 0 aromatic heterocycles. The third-order valence-corrected chi connectivity index (χ3v) is 4.51. The quantitative estimate of drug-likeness (QED) is 0.547. The number of ether oxygens (including phenoxy) is 1. The van der Waals surface area contributed by atoms with E-state index in [1.807, 2.05) is 32.9 Å². The number of benzene rings is 1. The maximum absolute atomic E-state index is 12.0. The molecule has 0 unspecified atom stereocenters. The van der Waals surface area contributed by atoms with E-state index < -0.39 is 0 Å². The monoisotopic (exact) mass is 384 g/mol. The first-order valence-corrected chi connectivity index (χ1v) is 9.12. The Morgan fingerprint density at radius 1 is 1.32 bits per heavy atom. The Bertz CT molecular complexity index is 619. The Morgan fingerprint density at radius 2 is 2.00 bits per heavy atom. The molecule has 1 aliphatic rings. The zero-order valence-corrected chi connectivity index (χ0v) is 16.3.